The molecule has 1 aromatic heterocycles. The number of benzene rings is 2. The molecule has 1 N–H and O–H groups in total. The number of aryl methyl sites for hydroxylation is 1. The van der Waals surface area contributed by atoms with E-state index in [0.29, 0.717) is 5.75 Å². The number of hydrogen-bond donors (Lipinski definition) is 1. The van der Waals surface area contributed by atoms with Crippen molar-refractivity contribution in [2.75, 3.05) is 12.9 Å². The van der Waals surface area contributed by atoms with Gasteiger partial charge in [0.1, 0.15) is 5.75 Å². The number of fused-ring (bicyclic) bond motifs is 1. The minimum Gasteiger partial charge on any atom is -0.497 e. The van der Waals surface area contributed by atoms with E-state index in [2.05, 4.69) is 52.1 Å². The maximum Gasteiger partial charge on any atom is 0.230 e. The molecule has 0 saturated heterocycles. The number of carbonyl (C=O) groups is 1. The van der Waals surface area contributed by atoms with Gasteiger partial charge in [0.05, 0.1) is 18.9 Å². The van der Waals surface area contributed by atoms with Crippen molar-refractivity contribution in [1.29, 1.82) is 0 Å². The van der Waals surface area contributed by atoms with Crippen LogP contribution in [0.15, 0.2) is 53.7 Å². The third kappa shape index (κ3) is 4.77. The van der Waals surface area contributed by atoms with E-state index < -0.39 is 0 Å². The number of hydrogen-bond acceptors (Lipinski definition) is 5. The second-order valence-corrected chi connectivity index (χ2v) is 8.94. The van der Waals surface area contributed by atoms with Crippen LogP contribution in [0.1, 0.15) is 49.9 Å². The Morgan fingerprint density at radius 3 is 2.71 bits per heavy atom. The van der Waals surface area contributed by atoms with E-state index in [-0.39, 0.29) is 18.0 Å². The molecule has 0 fully saturated rings. The van der Waals surface area contributed by atoms with Gasteiger partial charge in [-0.2, -0.15) is 0 Å². The van der Waals surface area contributed by atoms with E-state index in [4.69, 9.17) is 4.74 Å². The van der Waals surface area contributed by atoms with Crippen molar-refractivity contribution < 1.29 is 9.53 Å². The van der Waals surface area contributed by atoms with Crippen LogP contribution in [0.2, 0.25) is 0 Å². The molecule has 1 aliphatic rings. The smallest absolute Gasteiger partial charge is 0.230 e. The molecule has 6 nitrogen and oxygen atoms in total. The van der Waals surface area contributed by atoms with Crippen LogP contribution >= 0.6 is 11.8 Å². The standard InChI is InChI=1S/C24H28N4O2S/c1-16(2)28-23(18-11-13-19(30-3)14-12-18)26-27-24(28)31-15-22(29)25-21-10-6-8-17-7-4-5-9-20(17)21/h4-5,7,9,11-14,16,21H,6,8,10,15H2,1-3H3,(H,25,29). The van der Waals surface area contributed by atoms with Crippen LogP contribution in [0.3, 0.4) is 0 Å². The van der Waals surface area contributed by atoms with E-state index in [1.807, 2.05) is 30.3 Å². The van der Waals surface area contributed by atoms with Crippen molar-refractivity contribution in [3.63, 3.8) is 0 Å². The second kappa shape index (κ2) is 9.56. The maximum absolute atomic E-state index is 12.7. The van der Waals surface area contributed by atoms with E-state index >= 15 is 0 Å². The zero-order chi connectivity index (χ0) is 21.8. The zero-order valence-corrected chi connectivity index (χ0v) is 19.0. The molecule has 1 unspecified atom stereocenters. The van der Waals surface area contributed by atoms with Crippen molar-refractivity contribution in [3.05, 3.63) is 59.7 Å². The zero-order valence-electron chi connectivity index (χ0n) is 18.2. The number of nitrogens with one attached hydrogen (secondary N) is 1. The molecule has 1 amide bonds. The molecule has 1 atom stereocenters. The summed E-state index contributed by atoms with van der Waals surface area (Å²) in [7, 11) is 1.65. The first-order valence-electron chi connectivity index (χ1n) is 10.7. The van der Waals surface area contributed by atoms with Gasteiger partial charge in [-0.15, -0.1) is 10.2 Å². The largest absolute Gasteiger partial charge is 0.497 e. The molecule has 7 heteroatoms. The van der Waals surface area contributed by atoms with Gasteiger partial charge in [-0.05, 0) is 68.5 Å². The fraction of sp³-hybridized carbons (Fsp3) is 0.375. The Hall–Kier alpha value is -2.80. The van der Waals surface area contributed by atoms with E-state index in [0.717, 1.165) is 41.6 Å². The molecule has 1 heterocycles. The van der Waals surface area contributed by atoms with Crippen molar-refractivity contribution in [2.45, 2.75) is 50.4 Å². The fourth-order valence-electron chi connectivity index (χ4n) is 4.05. The van der Waals surface area contributed by atoms with Crippen LogP contribution in [0.25, 0.3) is 11.4 Å². The summed E-state index contributed by atoms with van der Waals surface area (Å²) in [5.41, 5.74) is 3.56. The van der Waals surface area contributed by atoms with Crippen LogP contribution in [0, 0.1) is 0 Å². The highest BCUT2D eigenvalue weighted by molar-refractivity contribution is 7.99. The Bertz CT molecular complexity index is 1050. The number of carbonyl (C=O) groups excluding carboxylic acids is 1. The van der Waals surface area contributed by atoms with Crippen LogP contribution in [0.5, 0.6) is 5.75 Å². The van der Waals surface area contributed by atoms with E-state index in [1.165, 1.54) is 22.9 Å². The van der Waals surface area contributed by atoms with Crippen LogP contribution in [0.4, 0.5) is 0 Å². The monoisotopic (exact) mass is 436 g/mol. The summed E-state index contributed by atoms with van der Waals surface area (Å²) in [6, 6.07) is 16.4. The number of rotatable bonds is 7. The normalized spacial score (nSPS) is 15.5. The minimum absolute atomic E-state index is 0.0241. The predicted octanol–water partition coefficient (Wildman–Crippen LogP) is 4.82. The topological polar surface area (TPSA) is 69.0 Å². The summed E-state index contributed by atoms with van der Waals surface area (Å²) >= 11 is 1.43. The molecule has 0 radical (unpaired) electrons. The Morgan fingerprint density at radius 1 is 1.19 bits per heavy atom. The Labute approximate surface area is 187 Å². The number of amides is 1. The summed E-state index contributed by atoms with van der Waals surface area (Å²) in [6.07, 6.45) is 3.17. The predicted molar refractivity (Wildman–Crippen MR) is 123 cm³/mol. The van der Waals surface area contributed by atoms with Crippen molar-refractivity contribution in [2.24, 2.45) is 0 Å². The lowest BCUT2D eigenvalue weighted by molar-refractivity contribution is -0.119. The summed E-state index contributed by atoms with van der Waals surface area (Å²) in [6.45, 7) is 4.19. The second-order valence-electron chi connectivity index (χ2n) is 8.00. The van der Waals surface area contributed by atoms with Gasteiger partial charge in [-0.25, -0.2) is 0 Å². The third-order valence-electron chi connectivity index (χ3n) is 5.57. The summed E-state index contributed by atoms with van der Waals surface area (Å²) in [4.78, 5) is 12.7. The minimum atomic E-state index is 0.0241. The van der Waals surface area contributed by atoms with Crippen LogP contribution in [-0.2, 0) is 11.2 Å². The van der Waals surface area contributed by atoms with Gasteiger partial charge in [0.2, 0.25) is 5.91 Å². The number of ether oxygens (including phenoxy) is 1. The van der Waals surface area contributed by atoms with Crippen molar-refractivity contribution in [3.8, 4) is 17.1 Å². The maximum atomic E-state index is 12.7. The molecule has 4 rings (SSSR count). The summed E-state index contributed by atoms with van der Waals surface area (Å²) in [5.74, 6) is 1.93. The molecular weight excluding hydrogens is 408 g/mol. The molecule has 0 spiro atoms. The average Bonchev–Trinajstić information content (AvgIpc) is 3.22. The molecule has 31 heavy (non-hydrogen) atoms. The lowest BCUT2D eigenvalue weighted by atomic mass is 9.88. The Balaban J connectivity index is 1.45. The van der Waals surface area contributed by atoms with Gasteiger partial charge in [-0.1, -0.05) is 36.0 Å². The summed E-state index contributed by atoms with van der Waals surface area (Å²) in [5, 5.41) is 12.7. The average molecular weight is 437 g/mol. The molecule has 0 aliphatic heterocycles. The number of nitrogens with zero attached hydrogens (tertiary/aromatic N) is 3. The lowest BCUT2D eigenvalue weighted by Gasteiger charge is -2.26. The summed E-state index contributed by atoms with van der Waals surface area (Å²) < 4.78 is 7.32. The highest BCUT2D eigenvalue weighted by Crippen LogP contribution is 2.31. The quantitative estimate of drug-likeness (QED) is 0.538. The molecule has 1 aliphatic carbocycles. The first-order chi connectivity index (χ1) is 15.1. The molecule has 162 valence electrons. The van der Waals surface area contributed by atoms with E-state index in [1.54, 1.807) is 7.11 Å². The van der Waals surface area contributed by atoms with Crippen LogP contribution < -0.4 is 10.1 Å². The highest BCUT2D eigenvalue weighted by atomic mass is 32.2. The molecule has 2 aromatic carbocycles. The lowest BCUT2D eigenvalue weighted by Crippen LogP contribution is -2.32. The van der Waals surface area contributed by atoms with Crippen molar-refractivity contribution in [1.82, 2.24) is 20.1 Å². The SMILES string of the molecule is COc1ccc(-c2nnc(SCC(=O)NC3CCCc4ccccc43)n2C(C)C)cc1. The molecule has 0 saturated carbocycles. The molecule has 3 aromatic rings. The van der Waals surface area contributed by atoms with Gasteiger partial charge in [0.15, 0.2) is 11.0 Å². The fourth-order valence-corrected chi connectivity index (χ4v) is 4.93. The van der Waals surface area contributed by atoms with Gasteiger partial charge < -0.3 is 10.1 Å². The van der Waals surface area contributed by atoms with Gasteiger partial charge >= 0.3 is 0 Å². The van der Waals surface area contributed by atoms with Crippen LogP contribution in [-0.4, -0.2) is 33.5 Å². The van der Waals surface area contributed by atoms with Gasteiger partial charge in [0, 0.05) is 11.6 Å². The third-order valence-corrected chi connectivity index (χ3v) is 6.51. The van der Waals surface area contributed by atoms with Gasteiger partial charge in [-0.3, -0.25) is 9.36 Å². The number of methoxy groups -OCH3 is 1. The van der Waals surface area contributed by atoms with Crippen molar-refractivity contribution >= 4 is 17.7 Å². The first-order valence-corrected chi connectivity index (χ1v) is 11.6. The van der Waals surface area contributed by atoms with E-state index in [9.17, 15) is 4.79 Å². The Kier molecular flexibility index (Phi) is 6.61. The first kappa shape index (κ1) is 21.4. The number of thioether (sulfide) groups is 1. The highest BCUT2D eigenvalue weighted by Gasteiger charge is 2.22. The molecular formula is C24H28N4O2S. The number of aromatic nitrogens is 3. The Morgan fingerprint density at radius 2 is 1.97 bits per heavy atom. The van der Waals surface area contributed by atoms with Gasteiger partial charge in [0.25, 0.3) is 0 Å². The molecule has 0 bridgehead atoms.